The second-order valence-electron chi connectivity index (χ2n) is 4.89. The number of nitrogens with zero attached hydrogens (tertiary/aromatic N) is 3. The molecule has 0 N–H and O–H groups in total. The van der Waals surface area contributed by atoms with E-state index in [9.17, 15) is 4.79 Å². The zero-order valence-electron chi connectivity index (χ0n) is 10.7. The van der Waals surface area contributed by atoms with Gasteiger partial charge in [-0.25, -0.2) is 0 Å². The summed E-state index contributed by atoms with van der Waals surface area (Å²) in [7, 11) is 0. The molecule has 0 atom stereocenters. The Kier molecular flexibility index (Phi) is 3.03. The molecule has 1 fully saturated rings. The van der Waals surface area contributed by atoms with Crippen LogP contribution in [0.15, 0.2) is 35.1 Å². The highest BCUT2D eigenvalue weighted by molar-refractivity contribution is 5.79. The predicted molar refractivity (Wildman–Crippen MR) is 68.5 cm³/mol. The number of pyridine rings is 1. The van der Waals surface area contributed by atoms with Crippen LogP contribution in [0.2, 0.25) is 0 Å². The molecule has 0 bridgehead atoms. The van der Waals surface area contributed by atoms with Gasteiger partial charge in [-0.05, 0) is 24.6 Å². The van der Waals surface area contributed by atoms with Gasteiger partial charge in [0.1, 0.15) is 5.76 Å². The van der Waals surface area contributed by atoms with Gasteiger partial charge in [0.25, 0.3) is 0 Å². The fraction of sp³-hybridized carbons (Fsp3) is 0.357. The molecule has 0 aromatic carbocycles. The maximum atomic E-state index is 12.0. The first kappa shape index (κ1) is 11.9. The predicted octanol–water partition coefficient (Wildman–Crippen LogP) is 1.55. The van der Waals surface area contributed by atoms with Crippen LogP contribution in [0, 0.1) is 6.92 Å². The lowest BCUT2D eigenvalue weighted by molar-refractivity contribution is -0.135. The van der Waals surface area contributed by atoms with Crippen LogP contribution in [0.3, 0.4) is 0 Å². The van der Waals surface area contributed by atoms with Crippen LogP contribution in [0.25, 0.3) is 0 Å². The van der Waals surface area contributed by atoms with Crippen molar-refractivity contribution in [2.24, 2.45) is 0 Å². The SMILES string of the molecule is Cc1cc(CC(=O)N2CC(c3ccncc3)C2)on1. The first-order valence-electron chi connectivity index (χ1n) is 6.32. The smallest absolute Gasteiger partial charge is 0.230 e. The molecule has 2 aromatic heterocycles. The number of carbonyl (C=O) groups is 1. The summed E-state index contributed by atoms with van der Waals surface area (Å²) in [5.41, 5.74) is 2.05. The van der Waals surface area contributed by atoms with Crippen LogP contribution in [-0.2, 0) is 11.2 Å². The fourth-order valence-corrected chi connectivity index (χ4v) is 2.29. The topological polar surface area (TPSA) is 59.2 Å². The molecule has 1 aliphatic heterocycles. The van der Waals surface area contributed by atoms with E-state index in [0.717, 1.165) is 18.8 Å². The normalized spacial score (nSPS) is 15.3. The lowest BCUT2D eigenvalue weighted by Gasteiger charge is -2.39. The van der Waals surface area contributed by atoms with Crippen molar-refractivity contribution in [1.82, 2.24) is 15.0 Å². The van der Waals surface area contributed by atoms with Crippen molar-refractivity contribution in [3.8, 4) is 0 Å². The molecule has 3 rings (SSSR count). The standard InChI is InChI=1S/C14H15N3O2/c1-10-6-13(19-16-10)7-14(18)17-8-12(9-17)11-2-4-15-5-3-11/h2-6,12H,7-9H2,1H3. The number of hydrogen-bond acceptors (Lipinski definition) is 4. The van der Waals surface area contributed by atoms with E-state index in [2.05, 4.69) is 10.1 Å². The van der Waals surface area contributed by atoms with Gasteiger partial charge in [0.2, 0.25) is 5.91 Å². The Labute approximate surface area is 111 Å². The van der Waals surface area contributed by atoms with Crippen LogP contribution < -0.4 is 0 Å². The van der Waals surface area contributed by atoms with Crippen molar-refractivity contribution in [2.75, 3.05) is 13.1 Å². The molecule has 0 unspecified atom stereocenters. The van der Waals surface area contributed by atoms with Crippen LogP contribution in [0.5, 0.6) is 0 Å². The third kappa shape index (κ3) is 2.50. The maximum Gasteiger partial charge on any atom is 0.230 e. The summed E-state index contributed by atoms with van der Waals surface area (Å²) in [6.07, 6.45) is 3.87. The Balaban J connectivity index is 1.54. The number of rotatable bonds is 3. The Bertz CT molecular complexity index is 573. The van der Waals surface area contributed by atoms with E-state index in [1.165, 1.54) is 5.56 Å². The third-order valence-electron chi connectivity index (χ3n) is 3.41. The van der Waals surface area contributed by atoms with Crippen LogP contribution in [0.4, 0.5) is 0 Å². The highest BCUT2D eigenvalue weighted by Crippen LogP contribution is 2.26. The number of aryl methyl sites for hydroxylation is 1. The second kappa shape index (κ2) is 4.84. The van der Waals surface area contributed by atoms with Gasteiger partial charge in [-0.3, -0.25) is 9.78 Å². The van der Waals surface area contributed by atoms with Gasteiger partial charge >= 0.3 is 0 Å². The van der Waals surface area contributed by atoms with Crippen LogP contribution in [0.1, 0.15) is 22.9 Å². The molecular weight excluding hydrogens is 242 g/mol. The summed E-state index contributed by atoms with van der Waals surface area (Å²) in [6, 6.07) is 5.82. The Morgan fingerprint density at radius 1 is 1.42 bits per heavy atom. The van der Waals surface area contributed by atoms with Gasteiger partial charge < -0.3 is 9.42 Å². The van der Waals surface area contributed by atoms with E-state index in [4.69, 9.17) is 4.52 Å². The van der Waals surface area contributed by atoms with Gasteiger partial charge in [-0.2, -0.15) is 0 Å². The van der Waals surface area contributed by atoms with Crippen molar-refractivity contribution >= 4 is 5.91 Å². The highest BCUT2D eigenvalue weighted by atomic mass is 16.5. The van der Waals surface area contributed by atoms with E-state index >= 15 is 0 Å². The molecule has 0 aliphatic carbocycles. The average molecular weight is 257 g/mol. The van der Waals surface area contributed by atoms with Crippen molar-refractivity contribution in [2.45, 2.75) is 19.3 Å². The van der Waals surface area contributed by atoms with E-state index in [1.807, 2.05) is 24.0 Å². The van der Waals surface area contributed by atoms with Gasteiger partial charge in [-0.1, -0.05) is 5.16 Å². The number of likely N-dealkylation sites (tertiary alicyclic amines) is 1. The summed E-state index contributed by atoms with van der Waals surface area (Å²) in [5, 5.41) is 3.78. The highest BCUT2D eigenvalue weighted by Gasteiger charge is 2.31. The molecule has 1 amide bonds. The molecule has 3 heterocycles. The minimum absolute atomic E-state index is 0.0986. The van der Waals surface area contributed by atoms with Gasteiger partial charge in [0, 0.05) is 37.5 Å². The second-order valence-corrected chi connectivity index (χ2v) is 4.89. The first-order valence-corrected chi connectivity index (χ1v) is 6.32. The molecular formula is C14H15N3O2. The summed E-state index contributed by atoms with van der Waals surface area (Å²) in [6.45, 7) is 3.40. The quantitative estimate of drug-likeness (QED) is 0.837. The lowest BCUT2D eigenvalue weighted by Crippen LogP contribution is -2.49. The minimum Gasteiger partial charge on any atom is -0.361 e. The summed E-state index contributed by atoms with van der Waals surface area (Å²) < 4.78 is 5.06. The number of carbonyl (C=O) groups excluding carboxylic acids is 1. The molecule has 5 nitrogen and oxygen atoms in total. The summed E-state index contributed by atoms with van der Waals surface area (Å²) in [5.74, 6) is 1.17. The van der Waals surface area contributed by atoms with Crippen molar-refractivity contribution in [1.29, 1.82) is 0 Å². The van der Waals surface area contributed by atoms with E-state index in [-0.39, 0.29) is 5.91 Å². The molecule has 1 aliphatic rings. The third-order valence-corrected chi connectivity index (χ3v) is 3.41. The van der Waals surface area contributed by atoms with Gasteiger partial charge in [0.05, 0.1) is 12.1 Å². The van der Waals surface area contributed by atoms with Gasteiger partial charge in [0.15, 0.2) is 0 Å². The van der Waals surface area contributed by atoms with Gasteiger partial charge in [-0.15, -0.1) is 0 Å². The molecule has 0 saturated carbocycles. The number of aromatic nitrogens is 2. The number of amides is 1. The number of hydrogen-bond donors (Lipinski definition) is 0. The minimum atomic E-state index is 0.0986. The zero-order valence-corrected chi connectivity index (χ0v) is 10.7. The largest absolute Gasteiger partial charge is 0.361 e. The van der Waals surface area contributed by atoms with Crippen molar-refractivity contribution in [3.05, 3.63) is 47.6 Å². The van der Waals surface area contributed by atoms with Crippen LogP contribution >= 0.6 is 0 Å². The van der Waals surface area contributed by atoms with E-state index in [0.29, 0.717) is 18.1 Å². The van der Waals surface area contributed by atoms with E-state index in [1.54, 1.807) is 18.5 Å². The maximum absolute atomic E-state index is 12.0. The molecule has 1 saturated heterocycles. The van der Waals surface area contributed by atoms with Crippen molar-refractivity contribution < 1.29 is 9.32 Å². The van der Waals surface area contributed by atoms with Crippen molar-refractivity contribution in [3.63, 3.8) is 0 Å². The summed E-state index contributed by atoms with van der Waals surface area (Å²) in [4.78, 5) is 17.9. The Morgan fingerprint density at radius 2 is 2.16 bits per heavy atom. The van der Waals surface area contributed by atoms with Crippen LogP contribution in [-0.4, -0.2) is 34.0 Å². The Morgan fingerprint density at radius 3 is 2.79 bits per heavy atom. The average Bonchev–Trinajstić information content (AvgIpc) is 2.74. The first-order chi connectivity index (χ1) is 9.22. The molecule has 98 valence electrons. The summed E-state index contributed by atoms with van der Waals surface area (Å²) >= 11 is 0. The molecule has 5 heteroatoms. The lowest BCUT2D eigenvalue weighted by atomic mass is 9.92. The Hall–Kier alpha value is -2.17. The molecule has 19 heavy (non-hydrogen) atoms. The van der Waals surface area contributed by atoms with E-state index < -0.39 is 0 Å². The molecule has 0 spiro atoms. The fourth-order valence-electron chi connectivity index (χ4n) is 2.29. The molecule has 2 aromatic rings. The molecule has 0 radical (unpaired) electrons. The monoisotopic (exact) mass is 257 g/mol. The zero-order chi connectivity index (χ0) is 13.2.